The molecule has 0 aliphatic rings. The number of aromatic amines is 1. The summed E-state index contributed by atoms with van der Waals surface area (Å²) in [7, 11) is -3.60. The molecular formula is C22H24N2O5S. The molecule has 3 aromatic rings. The van der Waals surface area contributed by atoms with E-state index in [2.05, 4.69) is 4.98 Å². The Morgan fingerprint density at radius 1 is 1.00 bits per heavy atom. The van der Waals surface area contributed by atoms with Crippen molar-refractivity contribution >= 4 is 32.7 Å². The van der Waals surface area contributed by atoms with Gasteiger partial charge in [-0.2, -0.15) is 4.31 Å². The van der Waals surface area contributed by atoms with Crippen LogP contribution in [-0.4, -0.2) is 49.2 Å². The fraction of sp³-hybridized carbons (Fsp3) is 0.273. The van der Waals surface area contributed by atoms with Gasteiger partial charge in [-0.1, -0.05) is 32.0 Å². The average molecular weight is 429 g/mol. The molecule has 0 atom stereocenters. The minimum absolute atomic E-state index is 0.105. The zero-order valence-electron chi connectivity index (χ0n) is 17.1. The van der Waals surface area contributed by atoms with Crippen LogP contribution in [0.15, 0.2) is 53.4 Å². The lowest BCUT2D eigenvalue weighted by molar-refractivity contribution is 0.0475. The Bertz CT molecular complexity index is 1180. The molecule has 0 spiro atoms. The first kappa shape index (κ1) is 21.7. The Kier molecular flexibility index (Phi) is 6.38. The van der Waals surface area contributed by atoms with Crippen LogP contribution < -0.4 is 0 Å². The zero-order chi connectivity index (χ0) is 21.9. The van der Waals surface area contributed by atoms with Gasteiger partial charge in [-0.15, -0.1) is 0 Å². The Hall–Kier alpha value is -2.97. The van der Waals surface area contributed by atoms with E-state index in [4.69, 9.17) is 4.74 Å². The molecule has 8 heteroatoms. The lowest BCUT2D eigenvalue weighted by atomic mass is 10.1. The molecule has 3 rings (SSSR count). The summed E-state index contributed by atoms with van der Waals surface area (Å²) in [6.45, 7) is 5.64. The maximum Gasteiger partial charge on any atom is 0.338 e. The van der Waals surface area contributed by atoms with Gasteiger partial charge in [0, 0.05) is 35.2 Å². The number of aromatic nitrogens is 1. The second-order valence-corrected chi connectivity index (χ2v) is 8.72. The summed E-state index contributed by atoms with van der Waals surface area (Å²) in [6.07, 6.45) is 0. The van der Waals surface area contributed by atoms with Gasteiger partial charge in [-0.3, -0.25) is 4.79 Å². The summed E-state index contributed by atoms with van der Waals surface area (Å²) in [6, 6.07) is 12.9. The summed E-state index contributed by atoms with van der Waals surface area (Å²) >= 11 is 0. The van der Waals surface area contributed by atoms with E-state index in [0.717, 1.165) is 10.9 Å². The summed E-state index contributed by atoms with van der Waals surface area (Å²) in [5.74, 6) is -0.994. The number of Topliss-reactive ketones (excluding diaryl/α,β-unsaturated/α-hetero) is 1. The smallest absolute Gasteiger partial charge is 0.338 e. The number of para-hydroxylation sites is 1. The SMILES string of the molecule is CCN(CC)S(=O)(=O)c1ccc(C(=O)OCC(=O)c2c(C)[nH]c3ccccc23)cc1. The van der Waals surface area contributed by atoms with Crippen molar-refractivity contribution in [1.29, 1.82) is 0 Å². The number of rotatable bonds is 8. The molecule has 0 saturated heterocycles. The van der Waals surface area contributed by atoms with E-state index in [9.17, 15) is 18.0 Å². The molecule has 0 saturated carbocycles. The molecule has 0 aliphatic heterocycles. The van der Waals surface area contributed by atoms with Gasteiger partial charge in [-0.25, -0.2) is 13.2 Å². The monoisotopic (exact) mass is 428 g/mol. The van der Waals surface area contributed by atoms with E-state index in [1.165, 1.54) is 28.6 Å². The van der Waals surface area contributed by atoms with E-state index < -0.39 is 22.6 Å². The Morgan fingerprint density at radius 2 is 1.63 bits per heavy atom. The van der Waals surface area contributed by atoms with E-state index in [1.54, 1.807) is 20.8 Å². The van der Waals surface area contributed by atoms with Crippen molar-refractivity contribution in [3.63, 3.8) is 0 Å². The maximum absolute atomic E-state index is 12.6. The standard InChI is InChI=1S/C22H24N2O5S/c1-4-24(5-2)30(27,28)17-12-10-16(11-13-17)22(26)29-14-20(25)21-15(3)23-19-9-7-6-8-18(19)21/h6-13,23H,4-5,14H2,1-3H3. The number of H-pyrrole nitrogens is 1. The number of aryl methyl sites for hydroxylation is 1. The highest BCUT2D eigenvalue weighted by Crippen LogP contribution is 2.22. The first-order valence-electron chi connectivity index (χ1n) is 9.67. The van der Waals surface area contributed by atoms with Gasteiger partial charge >= 0.3 is 5.97 Å². The summed E-state index contributed by atoms with van der Waals surface area (Å²) in [5, 5.41) is 0.780. The van der Waals surface area contributed by atoms with E-state index in [1.807, 2.05) is 24.3 Å². The van der Waals surface area contributed by atoms with Crippen LogP contribution in [-0.2, 0) is 14.8 Å². The third-order valence-electron chi connectivity index (χ3n) is 4.94. The summed E-state index contributed by atoms with van der Waals surface area (Å²) in [4.78, 5) is 28.2. The third-order valence-corrected chi connectivity index (χ3v) is 7.00. The van der Waals surface area contributed by atoms with Gasteiger partial charge in [0.2, 0.25) is 15.8 Å². The molecule has 0 unspecified atom stereocenters. The number of hydrogen-bond acceptors (Lipinski definition) is 5. The minimum Gasteiger partial charge on any atom is -0.454 e. The number of ether oxygens (including phenoxy) is 1. The highest BCUT2D eigenvalue weighted by molar-refractivity contribution is 7.89. The predicted octanol–water partition coefficient (Wildman–Crippen LogP) is 3.55. The van der Waals surface area contributed by atoms with Crippen LogP contribution in [0.4, 0.5) is 0 Å². The lowest BCUT2D eigenvalue weighted by Crippen LogP contribution is -2.30. The van der Waals surface area contributed by atoms with Crippen molar-refractivity contribution in [2.45, 2.75) is 25.7 Å². The summed E-state index contributed by atoms with van der Waals surface area (Å²) < 4.78 is 31.6. The van der Waals surface area contributed by atoms with Crippen molar-refractivity contribution in [2.75, 3.05) is 19.7 Å². The molecule has 0 bridgehead atoms. The number of carbonyl (C=O) groups excluding carboxylic acids is 2. The second-order valence-electron chi connectivity index (χ2n) is 6.78. The van der Waals surface area contributed by atoms with Crippen LogP contribution in [0.3, 0.4) is 0 Å². The van der Waals surface area contributed by atoms with Gasteiger partial charge in [0.15, 0.2) is 6.61 Å². The maximum atomic E-state index is 12.6. The molecule has 0 aliphatic carbocycles. The van der Waals surface area contributed by atoms with Gasteiger partial charge in [-0.05, 0) is 37.3 Å². The molecule has 0 radical (unpaired) electrons. The Morgan fingerprint density at radius 3 is 2.27 bits per heavy atom. The molecule has 7 nitrogen and oxygen atoms in total. The average Bonchev–Trinajstić information content (AvgIpc) is 3.08. The number of hydrogen-bond donors (Lipinski definition) is 1. The molecule has 0 amide bonds. The van der Waals surface area contributed by atoms with Crippen molar-refractivity contribution in [3.8, 4) is 0 Å². The summed E-state index contributed by atoms with van der Waals surface area (Å²) in [5.41, 5.74) is 2.23. The van der Waals surface area contributed by atoms with Crippen LogP contribution in [0.25, 0.3) is 10.9 Å². The van der Waals surface area contributed by atoms with E-state index in [-0.39, 0.29) is 16.2 Å². The first-order valence-corrected chi connectivity index (χ1v) is 11.1. The number of carbonyl (C=O) groups is 2. The highest BCUT2D eigenvalue weighted by atomic mass is 32.2. The zero-order valence-corrected chi connectivity index (χ0v) is 18.0. The first-order chi connectivity index (χ1) is 14.3. The fourth-order valence-corrected chi connectivity index (χ4v) is 4.86. The normalized spacial score (nSPS) is 11.7. The van der Waals surface area contributed by atoms with Gasteiger partial charge in [0.25, 0.3) is 0 Å². The van der Waals surface area contributed by atoms with Crippen LogP contribution in [0.2, 0.25) is 0 Å². The lowest BCUT2D eigenvalue weighted by Gasteiger charge is -2.18. The number of benzene rings is 2. The van der Waals surface area contributed by atoms with E-state index >= 15 is 0 Å². The Balaban J connectivity index is 1.71. The third kappa shape index (κ3) is 4.15. The van der Waals surface area contributed by atoms with Crippen LogP contribution in [0.5, 0.6) is 0 Å². The molecule has 30 heavy (non-hydrogen) atoms. The minimum atomic E-state index is -3.60. The van der Waals surface area contributed by atoms with Crippen molar-refractivity contribution in [1.82, 2.24) is 9.29 Å². The van der Waals surface area contributed by atoms with Crippen LogP contribution >= 0.6 is 0 Å². The molecular weight excluding hydrogens is 404 g/mol. The van der Waals surface area contributed by atoms with Crippen molar-refractivity contribution in [3.05, 3.63) is 65.4 Å². The molecule has 1 aromatic heterocycles. The van der Waals surface area contributed by atoms with Gasteiger partial charge < -0.3 is 9.72 Å². The number of esters is 1. The Labute approximate surface area is 175 Å². The van der Waals surface area contributed by atoms with Crippen molar-refractivity contribution < 1.29 is 22.7 Å². The number of nitrogens with zero attached hydrogens (tertiary/aromatic N) is 1. The van der Waals surface area contributed by atoms with Crippen LogP contribution in [0.1, 0.15) is 40.3 Å². The molecule has 0 fully saturated rings. The highest BCUT2D eigenvalue weighted by Gasteiger charge is 2.22. The number of fused-ring (bicyclic) bond motifs is 1. The molecule has 1 N–H and O–H groups in total. The molecule has 158 valence electrons. The predicted molar refractivity (Wildman–Crippen MR) is 114 cm³/mol. The van der Waals surface area contributed by atoms with Crippen LogP contribution in [0, 0.1) is 6.92 Å². The van der Waals surface area contributed by atoms with Crippen molar-refractivity contribution in [2.24, 2.45) is 0 Å². The quantitative estimate of drug-likeness (QED) is 0.437. The van der Waals surface area contributed by atoms with E-state index in [0.29, 0.717) is 24.3 Å². The second kappa shape index (κ2) is 8.81. The topological polar surface area (TPSA) is 96.5 Å². The number of sulfonamides is 1. The molecule has 1 heterocycles. The molecule has 2 aromatic carbocycles. The number of ketones is 1. The number of nitrogens with one attached hydrogen (secondary N) is 1. The largest absolute Gasteiger partial charge is 0.454 e. The fourth-order valence-electron chi connectivity index (χ4n) is 3.40. The van der Waals surface area contributed by atoms with Gasteiger partial charge in [0.05, 0.1) is 10.5 Å². The van der Waals surface area contributed by atoms with Gasteiger partial charge in [0.1, 0.15) is 0 Å².